The molecule has 0 heterocycles. The lowest BCUT2D eigenvalue weighted by Crippen LogP contribution is -2.29. The van der Waals surface area contributed by atoms with Crippen LogP contribution in [0.5, 0.6) is 5.75 Å². The Balaban J connectivity index is 2.56. The van der Waals surface area contributed by atoms with Crippen molar-refractivity contribution in [2.75, 3.05) is 13.6 Å². The van der Waals surface area contributed by atoms with E-state index in [1.54, 1.807) is 12.1 Å². The Morgan fingerprint density at radius 1 is 1.47 bits per heavy atom. The molecule has 0 aliphatic heterocycles. The van der Waals surface area contributed by atoms with Crippen molar-refractivity contribution in [3.63, 3.8) is 0 Å². The Bertz CT molecular complexity index is 285. The highest BCUT2D eigenvalue weighted by atomic mass is 19.1. The lowest BCUT2D eigenvalue weighted by molar-refractivity contribution is 0.188. The second-order valence-electron chi connectivity index (χ2n) is 3.54. The van der Waals surface area contributed by atoms with Gasteiger partial charge in [-0.25, -0.2) is 4.39 Å². The van der Waals surface area contributed by atoms with Crippen LogP contribution in [0.4, 0.5) is 4.39 Å². The third-order valence-electron chi connectivity index (χ3n) is 2.14. The van der Waals surface area contributed by atoms with Gasteiger partial charge in [0.2, 0.25) is 0 Å². The Kier molecular flexibility index (Phi) is 5.12. The van der Waals surface area contributed by atoms with Gasteiger partial charge in [-0.15, -0.1) is 0 Å². The van der Waals surface area contributed by atoms with Crippen LogP contribution in [-0.4, -0.2) is 19.7 Å². The van der Waals surface area contributed by atoms with Crippen molar-refractivity contribution in [1.82, 2.24) is 5.32 Å². The Hall–Kier alpha value is -1.09. The summed E-state index contributed by atoms with van der Waals surface area (Å²) in [6, 6.07) is 6.27. The van der Waals surface area contributed by atoms with Gasteiger partial charge in [-0.05, 0) is 25.6 Å². The summed E-state index contributed by atoms with van der Waals surface area (Å²) in [6.45, 7) is 2.89. The average Bonchev–Trinajstić information content (AvgIpc) is 2.18. The first-order valence-corrected chi connectivity index (χ1v) is 5.33. The van der Waals surface area contributed by atoms with E-state index < -0.39 is 0 Å². The molecule has 1 rings (SSSR count). The summed E-state index contributed by atoms with van der Waals surface area (Å²) in [4.78, 5) is 0. The first-order valence-electron chi connectivity index (χ1n) is 5.33. The molecule has 0 amide bonds. The van der Waals surface area contributed by atoms with Crippen molar-refractivity contribution >= 4 is 0 Å². The number of rotatable bonds is 6. The van der Waals surface area contributed by atoms with Gasteiger partial charge in [0.25, 0.3) is 0 Å². The molecule has 0 saturated heterocycles. The fraction of sp³-hybridized carbons (Fsp3) is 0.500. The van der Waals surface area contributed by atoms with Gasteiger partial charge in [0.05, 0.1) is 0 Å². The Morgan fingerprint density at radius 3 is 2.87 bits per heavy atom. The number of hydrogen-bond acceptors (Lipinski definition) is 2. The van der Waals surface area contributed by atoms with E-state index >= 15 is 0 Å². The van der Waals surface area contributed by atoms with Crippen LogP contribution in [0, 0.1) is 5.82 Å². The van der Waals surface area contributed by atoms with Crippen LogP contribution in [0.3, 0.4) is 0 Å². The molecule has 0 aliphatic carbocycles. The number of hydrogen-bond donors (Lipinski definition) is 1. The van der Waals surface area contributed by atoms with Gasteiger partial charge in [-0.1, -0.05) is 19.4 Å². The van der Waals surface area contributed by atoms with E-state index in [2.05, 4.69) is 12.2 Å². The predicted octanol–water partition coefficient (Wildman–Crippen LogP) is 2.59. The van der Waals surface area contributed by atoms with Crippen molar-refractivity contribution in [3.05, 3.63) is 30.1 Å². The molecule has 2 nitrogen and oxygen atoms in total. The zero-order chi connectivity index (χ0) is 11.1. The van der Waals surface area contributed by atoms with Gasteiger partial charge >= 0.3 is 0 Å². The molecule has 1 N–H and O–H groups in total. The van der Waals surface area contributed by atoms with Crippen molar-refractivity contribution in [3.8, 4) is 5.75 Å². The summed E-state index contributed by atoms with van der Waals surface area (Å²) in [7, 11) is 1.89. The number of ether oxygens (including phenoxy) is 1. The highest BCUT2D eigenvalue weighted by Crippen LogP contribution is 2.15. The molecule has 84 valence electrons. The topological polar surface area (TPSA) is 21.3 Å². The second kappa shape index (κ2) is 6.40. The summed E-state index contributed by atoms with van der Waals surface area (Å²) in [5.74, 6) is 0.343. The maximum absolute atomic E-state index is 12.9. The molecule has 1 unspecified atom stereocenters. The first kappa shape index (κ1) is 12.0. The van der Waals surface area contributed by atoms with E-state index in [0.29, 0.717) is 5.75 Å². The largest absolute Gasteiger partial charge is 0.489 e. The van der Waals surface area contributed by atoms with E-state index in [9.17, 15) is 4.39 Å². The molecule has 0 aliphatic rings. The Morgan fingerprint density at radius 2 is 2.27 bits per heavy atom. The summed E-state index contributed by atoms with van der Waals surface area (Å²) in [6.07, 6.45) is 2.14. The molecule has 1 aromatic rings. The number of halogens is 1. The summed E-state index contributed by atoms with van der Waals surface area (Å²) in [5, 5.41) is 3.07. The van der Waals surface area contributed by atoms with Crippen molar-refractivity contribution in [2.24, 2.45) is 0 Å². The number of benzene rings is 1. The molecule has 0 fully saturated rings. The molecular weight excluding hydrogens is 193 g/mol. The monoisotopic (exact) mass is 211 g/mol. The third kappa shape index (κ3) is 4.30. The van der Waals surface area contributed by atoms with Crippen molar-refractivity contribution in [2.45, 2.75) is 25.9 Å². The van der Waals surface area contributed by atoms with Gasteiger partial charge in [-0.2, -0.15) is 0 Å². The van der Waals surface area contributed by atoms with Gasteiger partial charge in [0.15, 0.2) is 0 Å². The molecule has 0 bridgehead atoms. The molecule has 0 aromatic heterocycles. The average molecular weight is 211 g/mol. The minimum atomic E-state index is -0.257. The van der Waals surface area contributed by atoms with Crippen molar-refractivity contribution < 1.29 is 9.13 Å². The maximum Gasteiger partial charge on any atom is 0.126 e. The third-order valence-corrected chi connectivity index (χ3v) is 2.14. The van der Waals surface area contributed by atoms with E-state index in [0.717, 1.165) is 19.4 Å². The highest BCUT2D eigenvalue weighted by Gasteiger charge is 2.08. The van der Waals surface area contributed by atoms with E-state index in [1.807, 2.05) is 7.05 Å². The lowest BCUT2D eigenvalue weighted by Gasteiger charge is -2.18. The fourth-order valence-corrected chi connectivity index (χ4v) is 1.49. The van der Waals surface area contributed by atoms with E-state index in [-0.39, 0.29) is 11.9 Å². The fourth-order valence-electron chi connectivity index (χ4n) is 1.49. The van der Waals surface area contributed by atoms with Crippen LogP contribution in [0.2, 0.25) is 0 Å². The number of nitrogens with one attached hydrogen (secondary N) is 1. The Labute approximate surface area is 90.4 Å². The molecule has 0 saturated carbocycles. The minimum absolute atomic E-state index is 0.113. The predicted molar refractivity (Wildman–Crippen MR) is 59.7 cm³/mol. The molecule has 3 heteroatoms. The molecule has 0 spiro atoms. The molecular formula is C12H18FNO. The smallest absolute Gasteiger partial charge is 0.126 e. The molecule has 1 aromatic carbocycles. The first-order chi connectivity index (χ1) is 7.26. The standard InChI is InChI=1S/C12H18FNO/c1-3-5-12(9-14-2)15-11-7-4-6-10(13)8-11/h4,6-8,12,14H,3,5,9H2,1-2H3. The normalized spacial score (nSPS) is 12.5. The van der Waals surface area contributed by atoms with Crippen LogP contribution in [0.15, 0.2) is 24.3 Å². The van der Waals surface area contributed by atoms with Crippen LogP contribution in [-0.2, 0) is 0 Å². The van der Waals surface area contributed by atoms with Crippen LogP contribution in [0.1, 0.15) is 19.8 Å². The lowest BCUT2D eigenvalue weighted by atomic mass is 10.2. The summed E-state index contributed by atoms with van der Waals surface area (Å²) < 4.78 is 18.6. The van der Waals surface area contributed by atoms with Crippen LogP contribution < -0.4 is 10.1 Å². The molecule has 1 atom stereocenters. The quantitative estimate of drug-likeness (QED) is 0.781. The number of likely N-dealkylation sites (N-methyl/N-ethyl adjacent to an activating group) is 1. The minimum Gasteiger partial charge on any atom is -0.489 e. The zero-order valence-electron chi connectivity index (χ0n) is 9.29. The highest BCUT2D eigenvalue weighted by molar-refractivity contribution is 5.22. The summed E-state index contributed by atoms with van der Waals surface area (Å²) >= 11 is 0. The maximum atomic E-state index is 12.9. The van der Waals surface area contributed by atoms with Crippen LogP contribution >= 0.6 is 0 Å². The second-order valence-corrected chi connectivity index (χ2v) is 3.54. The molecule has 0 radical (unpaired) electrons. The van der Waals surface area contributed by atoms with Crippen LogP contribution in [0.25, 0.3) is 0 Å². The summed E-state index contributed by atoms with van der Waals surface area (Å²) in [5.41, 5.74) is 0. The van der Waals surface area contributed by atoms with E-state index in [4.69, 9.17) is 4.74 Å². The molecule has 15 heavy (non-hydrogen) atoms. The van der Waals surface area contributed by atoms with Gasteiger partial charge < -0.3 is 10.1 Å². The SMILES string of the molecule is CCCC(CNC)Oc1cccc(F)c1. The van der Waals surface area contributed by atoms with Crippen molar-refractivity contribution in [1.29, 1.82) is 0 Å². The van der Waals surface area contributed by atoms with Gasteiger partial charge in [-0.3, -0.25) is 0 Å². The van der Waals surface area contributed by atoms with Gasteiger partial charge in [0.1, 0.15) is 17.7 Å². The van der Waals surface area contributed by atoms with Gasteiger partial charge in [0, 0.05) is 12.6 Å². The van der Waals surface area contributed by atoms with E-state index in [1.165, 1.54) is 12.1 Å². The zero-order valence-corrected chi connectivity index (χ0v) is 9.29.